The summed E-state index contributed by atoms with van der Waals surface area (Å²) >= 11 is 10.5. The summed E-state index contributed by atoms with van der Waals surface area (Å²) in [6, 6.07) is 12.1. The first-order valence-corrected chi connectivity index (χ1v) is 8.00. The van der Waals surface area contributed by atoms with Crippen molar-refractivity contribution in [3.8, 4) is 5.75 Å². The van der Waals surface area contributed by atoms with Crippen LogP contribution < -0.4 is 10.1 Å². The van der Waals surface area contributed by atoms with Crippen LogP contribution in [0.15, 0.2) is 49.8 Å². The molecule has 0 bridgehead atoms. The van der Waals surface area contributed by atoms with E-state index in [1.807, 2.05) is 30.3 Å². The largest absolute Gasteiger partial charge is 0.495 e. The van der Waals surface area contributed by atoms with Gasteiger partial charge < -0.3 is 10.1 Å². The Hall–Kier alpha value is -0.520. The van der Waals surface area contributed by atoms with Gasteiger partial charge in [-0.1, -0.05) is 34.1 Å². The first kappa shape index (κ1) is 14.9. The summed E-state index contributed by atoms with van der Waals surface area (Å²) in [6.07, 6.45) is 0. The number of anilines is 1. The summed E-state index contributed by atoms with van der Waals surface area (Å²) in [6.45, 7) is 0.741. The molecular weight excluding hydrogens is 438 g/mol. The number of hydrogen-bond donors (Lipinski definition) is 1. The smallest absolute Gasteiger partial charge is 0.135 e. The Labute approximate surface area is 137 Å². The van der Waals surface area contributed by atoms with Gasteiger partial charge in [-0.25, -0.2) is 0 Å². The normalized spacial score (nSPS) is 10.3. The average molecular weight is 450 g/mol. The molecule has 100 valence electrons. The zero-order valence-corrected chi connectivity index (χ0v) is 15.0. The molecule has 0 amide bonds. The molecule has 0 saturated heterocycles. The van der Waals surface area contributed by atoms with Gasteiger partial charge >= 0.3 is 0 Å². The van der Waals surface area contributed by atoms with E-state index in [-0.39, 0.29) is 0 Å². The van der Waals surface area contributed by atoms with Gasteiger partial charge in [0.1, 0.15) is 5.75 Å². The second-order valence-electron chi connectivity index (χ2n) is 3.91. The number of nitrogens with one attached hydrogen (secondary N) is 1. The molecule has 0 aliphatic rings. The molecule has 0 spiro atoms. The highest BCUT2D eigenvalue weighted by Crippen LogP contribution is 2.34. The van der Waals surface area contributed by atoms with Crippen molar-refractivity contribution in [1.29, 1.82) is 0 Å². The molecule has 2 aromatic rings. The van der Waals surface area contributed by atoms with Crippen molar-refractivity contribution in [2.45, 2.75) is 6.54 Å². The van der Waals surface area contributed by atoms with Crippen LogP contribution in [0.2, 0.25) is 0 Å². The van der Waals surface area contributed by atoms with Gasteiger partial charge in [0, 0.05) is 21.6 Å². The minimum Gasteiger partial charge on any atom is -0.495 e. The molecule has 1 N–H and O–H groups in total. The van der Waals surface area contributed by atoms with Crippen LogP contribution in [0.25, 0.3) is 0 Å². The predicted octanol–water partition coefficient (Wildman–Crippen LogP) is 5.59. The monoisotopic (exact) mass is 447 g/mol. The summed E-state index contributed by atoms with van der Waals surface area (Å²) in [7, 11) is 1.66. The summed E-state index contributed by atoms with van der Waals surface area (Å²) in [5.41, 5.74) is 2.20. The van der Waals surface area contributed by atoms with E-state index in [1.54, 1.807) is 7.11 Å². The highest BCUT2D eigenvalue weighted by molar-refractivity contribution is 9.11. The molecule has 0 fully saturated rings. The van der Waals surface area contributed by atoms with E-state index in [2.05, 4.69) is 59.2 Å². The van der Waals surface area contributed by atoms with Gasteiger partial charge in [-0.2, -0.15) is 0 Å². The molecule has 19 heavy (non-hydrogen) atoms. The molecule has 0 aromatic heterocycles. The third-order valence-corrected chi connectivity index (χ3v) is 4.72. The topological polar surface area (TPSA) is 21.3 Å². The summed E-state index contributed by atoms with van der Waals surface area (Å²) in [5, 5.41) is 3.39. The molecule has 0 heterocycles. The maximum atomic E-state index is 5.30. The Morgan fingerprint density at radius 1 is 1.00 bits per heavy atom. The first-order chi connectivity index (χ1) is 9.11. The van der Waals surface area contributed by atoms with Crippen LogP contribution in [0.5, 0.6) is 5.75 Å². The minimum atomic E-state index is 0.741. The molecule has 2 aromatic carbocycles. The Morgan fingerprint density at radius 2 is 1.74 bits per heavy atom. The van der Waals surface area contributed by atoms with E-state index >= 15 is 0 Å². The van der Waals surface area contributed by atoms with Crippen molar-refractivity contribution in [2.75, 3.05) is 12.4 Å². The van der Waals surface area contributed by atoms with Crippen molar-refractivity contribution in [2.24, 2.45) is 0 Å². The molecule has 0 aliphatic heterocycles. The molecule has 2 nitrogen and oxygen atoms in total. The van der Waals surface area contributed by atoms with Crippen LogP contribution in [-0.2, 0) is 6.54 Å². The van der Waals surface area contributed by atoms with E-state index in [9.17, 15) is 0 Å². The molecule has 0 saturated carbocycles. The standard InChI is InChI=1S/C14H12Br3NO/c1-19-14-7-13(11(16)6-12(14)17)18-8-9-4-2-3-5-10(9)15/h2-7,18H,8H2,1H3. The fraction of sp³-hybridized carbons (Fsp3) is 0.143. The van der Waals surface area contributed by atoms with E-state index in [4.69, 9.17) is 4.74 Å². The van der Waals surface area contributed by atoms with Gasteiger partial charge in [0.2, 0.25) is 0 Å². The summed E-state index contributed by atoms with van der Waals surface area (Å²) in [5.74, 6) is 0.804. The zero-order valence-electron chi connectivity index (χ0n) is 10.2. The van der Waals surface area contributed by atoms with Crippen LogP contribution in [-0.4, -0.2) is 7.11 Å². The van der Waals surface area contributed by atoms with E-state index < -0.39 is 0 Å². The van der Waals surface area contributed by atoms with Crippen LogP contribution >= 0.6 is 47.8 Å². The molecule has 0 aliphatic carbocycles. The second-order valence-corrected chi connectivity index (χ2v) is 6.47. The fourth-order valence-corrected chi connectivity index (χ4v) is 3.37. The number of benzene rings is 2. The molecule has 0 unspecified atom stereocenters. The highest BCUT2D eigenvalue weighted by Gasteiger charge is 2.07. The molecule has 0 atom stereocenters. The fourth-order valence-electron chi connectivity index (χ4n) is 1.65. The van der Waals surface area contributed by atoms with Crippen LogP contribution in [0.3, 0.4) is 0 Å². The van der Waals surface area contributed by atoms with Crippen LogP contribution in [0, 0.1) is 0 Å². The molecule has 2 rings (SSSR count). The van der Waals surface area contributed by atoms with Crippen molar-refractivity contribution in [1.82, 2.24) is 0 Å². The number of ether oxygens (including phenoxy) is 1. The third kappa shape index (κ3) is 3.74. The lowest BCUT2D eigenvalue weighted by Crippen LogP contribution is -2.01. The van der Waals surface area contributed by atoms with E-state index in [0.29, 0.717) is 0 Å². The molecule has 0 radical (unpaired) electrons. The minimum absolute atomic E-state index is 0.741. The summed E-state index contributed by atoms with van der Waals surface area (Å²) in [4.78, 5) is 0. The third-order valence-electron chi connectivity index (χ3n) is 2.67. The van der Waals surface area contributed by atoms with Gasteiger partial charge in [0.15, 0.2) is 0 Å². The predicted molar refractivity (Wildman–Crippen MR) is 89.9 cm³/mol. The first-order valence-electron chi connectivity index (χ1n) is 5.62. The summed E-state index contributed by atoms with van der Waals surface area (Å²) < 4.78 is 8.32. The lowest BCUT2D eigenvalue weighted by atomic mass is 10.2. The lowest BCUT2D eigenvalue weighted by molar-refractivity contribution is 0.412. The number of methoxy groups -OCH3 is 1. The van der Waals surface area contributed by atoms with Crippen molar-refractivity contribution in [3.05, 3.63) is 55.4 Å². The van der Waals surface area contributed by atoms with Gasteiger partial charge in [-0.05, 0) is 49.6 Å². The molecular formula is C14H12Br3NO. The van der Waals surface area contributed by atoms with Gasteiger partial charge in [-0.3, -0.25) is 0 Å². The maximum absolute atomic E-state index is 5.30. The second kappa shape index (κ2) is 6.77. The van der Waals surface area contributed by atoms with Gasteiger partial charge in [-0.15, -0.1) is 0 Å². The van der Waals surface area contributed by atoms with Crippen LogP contribution in [0.1, 0.15) is 5.56 Å². The quantitative estimate of drug-likeness (QED) is 0.656. The number of hydrogen-bond acceptors (Lipinski definition) is 2. The lowest BCUT2D eigenvalue weighted by Gasteiger charge is -2.12. The zero-order chi connectivity index (χ0) is 13.8. The van der Waals surface area contributed by atoms with E-state index in [0.717, 1.165) is 31.4 Å². The maximum Gasteiger partial charge on any atom is 0.135 e. The van der Waals surface area contributed by atoms with Crippen molar-refractivity contribution < 1.29 is 4.74 Å². The van der Waals surface area contributed by atoms with Crippen molar-refractivity contribution >= 4 is 53.5 Å². The Kier molecular flexibility index (Phi) is 5.30. The number of rotatable bonds is 4. The average Bonchev–Trinajstić information content (AvgIpc) is 2.39. The van der Waals surface area contributed by atoms with Crippen LogP contribution in [0.4, 0.5) is 5.69 Å². The van der Waals surface area contributed by atoms with Gasteiger partial charge in [0.25, 0.3) is 0 Å². The SMILES string of the molecule is COc1cc(NCc2ccccc2Br)c(Br)cc1Br. The van der Waals surface area contributed by atoms with E-state index in [1.165, 1.54) is 5.56 Å². The Morgan fingerprint density at radius 3 is 2.42 bits per heavy atom. The number of halogens is 3. The van der Waals surface area contributed by atoms with Gasteiger partial charge in [0.05, 0.1) is 17.3 Å². The highest BCUT2D eigenvalue weighted by atomic mass is 79.9. The Balaban J connectivity index is 2.18. The Bertz CT molecular complexity index is 587. The molecule has 5 heteroatoms. The van der Waals surface area contributed by atoms with Crippen molar-refractivity contribution in [3.63, 3.8) is 0 Å².